The van der Waals surface area contributed by atoms with Gasteiger partial charge in [0, 0.05) is 36.6 Å². The van der Waals surface area contributed by atoms with E-state index in [1.165, 1.54) is 10.9 Å². The summed E-state index contributed by atoms with van der Waals surface area (Å²) in [6.07, 6.45) is 5.86. The number of nitrogens with one attached hydrogen (secondary N) is 1. The van der Waals surface area contributed by atoms with Crippen LogP contribution in [0.4, 0.5) is 0 Å². The van der Waals surface area contributed by atoms with Crippen LogP contribution in [0.15, 0.2) is 48.9 Å². The Morgan fingerprint density at radius 1 is 1.10 bits per heavy atom. The highest BCUT2D eigenvalue weighted by Gasteiger charge is 2.10. The van der Waals surface area contributed by atoms with E-state index >= 15 is 0 Å². The van der Waals surface area contributed by atoms with Crippen LogP contribution in [-0.2, 0) is 13.1 Å². The quantitative estimate of drug-likeness (QED) is 0.781. The standard InChI is InChI=1S/C17H20N4/c1-13(2)20-10-14-11-21(12-15-6-3-4-8-18-15)17-16(14)7-5-9-19-17/h3-9,11,13,20H,10,12H2,1-2H3. The van der Waals surface area contributed by atoms with Crippen LogP contribution in [0.2, 0.25) is 0 Å². The molecule has 4 nitrogen and oxygen atoms in total. The second-order valence-electron chi connectivity index (χ2n) is 5.51. The Balaban J connectivity index is 1.95. The second-order valence-corrected chi connectivity index (χ2v) is 5.51. The SMILES string of the molecule is CC(C)NCc1cn(Cc2ccccn2)c2ncccc12. The lowest BCUT2D eigenvalue weighted by molar-refractivity contribution is 0.589. The van der Waals surface area contributed by atoms with Gasteiger partial charge in [-0.05, 0) is 29.8 Å². The average Bonchev–Trinajstić information content (AvgIpc) is 2.85. The van der Waals surface area contributed by atoms with Crippen LogP contribution in [-0.4, -0.2) is 20.6 Å². The van der Waals surface area contributed by atoms with E-state index in [1.807, 2.05) is 36.7 Å². The molecule has 3 heterocycles. The van der Waals surface area contributed by atoms with E-state index in [0.29, 0.717) is 6.04 Å². The minimum Gasteiger partial charge on any atom is -0.326 e. The maximum absolute atomic E-state index is 4.53. The molecule has 0 bridgehead atoms. The number of pyridine rings is 2. The van der Waals surface area contributed by atoms with Gasteiger partial charge in [-0.2, -0.15) is 0 Å². The monoisotopic (exact) mass is 280 g/mol. The zero-order valence-corrected chi connectivity index (χ0v) is 12.5. The van der Waals surface area contributed by atoms with Gasteiger partial charge in [0.2, 0.25) is 0 Å². The van der Waals surface area contributed by atoms with Gasteiger partial charge in [-0.15, -0.1) is 0 Å². The first-order valence-corrected chi connectivity index (χ1v) is 7.30. The van der Waals surface area contributed by atoms with Crippen LogP contribution in [0.25, 0.3) is 11.0 Å². The lowest BCUT2D eigenvalue weighted by Gasteiger charge is -2.06. The number of hydrogen-bond acceptors (Lipinski definition) is 3. The highest BCUT2D eigenvalue weighted by atomic mass is 15.0. The largest absolute Gasteiger partial charge is 0.326 e. The van der Waals surface area contributed by atoms with Gasteiger partial charge >= 0.3 is 0 Å². The molecule has 108 valence electrons. The molecular weight excluding hydrogens is 260 g/mol. The highest BCUT2D eigenvalue weighted by Crippen LogP contribution is 2.20. The molecule has 3 aromatic heterocycles. The number of hydrogen-bond donors (Lipinski definition) is 1. The Hall–Kier alpha value is -2.20. The summed E-state index contributed by atoms with van der Waals surface area (Å²) < 4.78 is 2.18. The molecule has 0 aromatic carbocycles. The minimum absolute atomic E-state index is 0.468. The number of nitrogens with zero attached hydrogens (tertiary/aromatic N) is 3. The molecule has 0 spiro atoms. The molecule has 0 radical (unpaired) electrons. The van der Waals surface area contributed by atoms with Crippen LogP contribution < -0.4 is 5.32 Å². The fraction of sp³-hybridized carbons (Fsp3) is 0.294. The second kappa shape index (κ2) is 6.06. The summed E-state index contributed by atoms with van der Waals surface area (Å²) in [5, 5.41) is 4.68. The summed E-state index contributed by atoms with van der Waals surface area (Å²) >= 11 is 0. The smallest absolute Gasteiger partial charge is 0.140 e. The molecule has 0 aliphatic heterocycles. The maximum atomic E-state index is 4.53. The van der Waals surface area contributed by atoms with Gasteiger partial charge < -0.3 is 9.88 Å². The Kier molecular flexibility index (Phi) is 3.97. The van der Waals surface area contributed by atoms with E-state index in [1.54, 1.807) is 0 Å². The van der Waals surface area contributed by atoms with Crippen molar-refractivity contribution in [2.24, 2.45) is 0 Å². The molecule has 0 aliphatic rings. The molecule has 0 unspecified atom stereocenters. The predicted molar refractivity (Wildman–Crippen MR) is 85.0 cm³/mol. The normalized spacial score (nSPS) is 11.4. The van der Waals surface area contributed by atoms with Crippen molar-refractivity contribution < 1.29 is 0 Å². The van der Waals surface area contributed by atoms with Gasteiger partial charge in [0.25, 0.3) is 0 Å². The van der Waals surface area contributed by atoms with Gasteiger partial charge in [0.05, 0.1) is 12.2 Å². The summed E-state index contributed by atoms with van der Waals surface area (Å²) in [4.78, 5) is 8.93. The third-order valence-corrected chi connectivity index (χ3v) is 3.48. The highest BCUT2D eigenvalue weighted by molar-refractivity contribution is 5.80. The summed E-state index contributed by atoms with van der Waals surface area (Å²) in [6.45, 7) is 5.92. The average molecular weight is 280 g/mol. The number of fused-ring (bicyclic) bond motifs is 1. The summed E-state index contributed by atoms with van der Waals surface area (Å²) in [7, 11) is 0. The zero-order valence-electron chi connectivity index (χ0n) is 12.5. The van der Waals surface area contributed by atoms with Crippen LogP contribution in [0.3, 0.4) is 0 Å². The van der Waals surface area contributed by atoms with Crippen molar-refractivity contribution in [3.63, 3.8) is 0 Å². The first-order chi connectivity index (χ1) is 10.2. The van der Waals surface area contributed by atoms with Gasteiger partial charge in [0.1, 0.15) is 5.65 Å². The van der Waals surface area contributed by atoms with Gasteiger partial charge in [-0.3, -0.25) is 4.98 Å². The van der Waals surface area contributed by atoms with Gasteiger partial charge in [-0.1, -0.05) is 19.9 Å². The van der Waals surface area contributed by atoms with Crippen LogP contribution >= 0.6 is 0 Å². The first kappa shape index (κ1) is 13.8. The van der Waals surface area contributed by atoms with E-state index in [0.717, 1.165) is 24.4 Å². The summed E-state index contributed by atoms with van der Waals surface area (Å²) in [6, 6.07) is 10.6. The number of rotatable bonds is 5. The van der Waals surface area contributed by atoms with E-state index in [2.05, 4.69) is 46.0 Å². The maximum Gasteiger partial charge on any atom is 0.140 e. The topological polar surface area (TPSA) is 42.7 Å². The number of aromatic nitrogens is 3. The Bertz CT molecular complexity index is 716. The van der Waals surface area contributed by atoms with E-state index < -0.39 is 0 Å². The third-order valence-electron chi connectivity index (χ3n) is 3.48. The Labute approximate surface area is 124 Å². The van der Waals surface area contributed by atoms with Crippen molar-refractivity contribution >= 4 is 11.0 Å². The molecule has 3 aromatic rings. The molecule has 0 aliphatic carbocycles. The minimum atomic E-state index is 0.468. The van der Waals surface area contributed by atoms with Crippen molar-refractivity contribution in [1.29, 1.82) is 0 Å². The molecule has 0 saturated carbocycles. The van der Waals surface area contributed by atoms with Crippen LogP contribution in [0.1, 0.15) is 25.1 Å². The lowest BCUT2D eigenvalue weighted by Crippen LogP contribution is -2.21. The lowest BCUT2D eigenvalue weighted by atomic mass is 10.2. The molecule has 21 heavy (non-hydrogen) atoms. The molecule has 4 heteroatoms. The van der Waals surface area contributed by atoms with Crippen molar-refractivity contribution in [2.75, 3.05) is 0 Å². The summed E-state index contributed by atoms with van der Waals surface area (Å²) in [5.41, 5.74) is 3.34. The molecule has 1 N–H and O–H groups in total. The molecule has 0 atom stereocenters. The fourth-order valence-corrected chi connectivity index (χ4v) is 2.44. The molecule has 0 amide bonds. The van der Waals surface area contributed by atoms with Crippen molar-refractivity contribution in [3.05, 3.63) is 60.2 Å². The van der Waals surface area contributed by atoms with Crippen LogP contribution in [0.5, 0.6) is 0 Å². The van der Waals surface area contributed by atoms with Crippen molar-refractivity contribution in [2.45, 2.75) is 33.0 Å². The Morgan fingerprint density at radius 3 is 2.71 bits per heavy atom. The van der Waals surface area contributed by atoms with Crippen molar-refractivity contribution in [1.82, 2.24) is 19.9 Å². The predicted octanol–water partition coefficient (Wildman–Crippen LogP) is 2.98. The van der Waals surface area contributed by atoms with Gasteiger partial charge in [0.15, 0.2) is 0 Å². The van der Waals surface area contributed by atoms with E-state index in [4.69, 9.17) is 0 Å². The third kappa shape index (κ3) is 3.11. The zero-order chi connectivity index (χ0) is 14.7. The van der Waals surface area contributed by atoms with E-state index in [-0.39, 0.29) is 0 Å². The molecule has 3 rings (SSSR count). The molecule has 0 fully saturated rings. The van der Waals surface area contributed by atoms with Gasteiger partial charge in [-0.25, -0.2) is 4.98 Å². The Morgan fingerprint density at radius 2 is 1.95 bits per heavy atom. The first-order valence-electron chi connectivity index (χ1n) is 7.30. The van der Waals surface area contributed by atoms with E-state index in [9.17, 15) is 0 Å². The molecular formula is C17H20N4. The fourth-order valence-electron chi connectivity index (χ4n) is 2.44. The molecule has 0 saturated heterocycles. The van der Waals surface area contributed by atoms with Crippen LogP contribution in [0, 0.1) is 0 Å². The van der Waals surface area contributed by atoms with Crippen molar-refractivity contribution in [3.8, 4) is 0 Å². The summed E-state index contributed by atoms with van der Waals surface area (Å²) in [5.74, 6) is 0.